The van der Waals surface area contributed by atoms with E-state index in [4.69, 9.17) is 15.8 Å². The number of hydrogen-bond donors (Lipinski definition) is 1. The maximum absolute atomic E-state index is 13.2. The van der Waals surface area contributed by atoms with Crippen molar-refractivity contribution >= 4 is 11.6 Å². The zero-order valence-corrected chi connectivity index (χ0v) is 18.9. The summed E-state index contributed by atoms with van der Waals surface area (Å²) in [6.45, 7) is 0.528. The third-order valence-corrected chi connectivity index (χ3v) is 5.83. The van der Waals surface area contributed by atoms with E-state index in [2.05, 4.69) is 35.5 Å². The number of pyridine rings is 1. The molecule has 0 unspecified atom stereocenters. The van der Waals surface area contributed by atoms with E-state index >= 15 is 0 Å². The lowest BCUT2D eigenvalue weighted by molar-refractivity contribution is 0.0932. The van der Waals surface area contributed by atoms with E-state index < -0.39 is 11.9 Å². The Kier molecular flexibility index (Phi) is 9.51. The molecule has 3 rings (SSSR count). The first-order chi connectivity index (χ1) is 16.7. The predicted molar refractivity (Wildman–Crippen MR) is 126 cm³/mol. The number of nitrogens with zero attached hydrogens (tertiary/aromatic N) is 9. The summed E-state index contributed by atoms with van der Waals surface area (Å²) in [5, 5.41) is 12.5. The molecule has 1 N–H and O–H groups in total. The van der Waals surface area contributed by atoms with Crippen LogP contribution in [-0.2, 0) is 6.42 Å². The van der Waals surface area contributed by atoms with Gasteiger partial charge in [0.05, 0.1) is 18.3 Å². The van der Waals surface area contributed by atoms with Gasteiger partial charge in [0.15, 0.2) is 11.4 Å². The predicted octanol–water partition coefficient (Wildman–Crippen LogP) is 4.71. The Hall–Kier alpha value is -3.82. The van der Waals surface area contributed by atoms with Gasteiger partial charge in [-0.25, -0.2) is 4.98 Å². The number of fused-ring (bicyclic) bond motifs is 1. The number of hydrogen-bond acceptors (Lipinski definition) is 7. The Morgan fingerprint density at radius 3 is 2.76 bits per heavy atom. The number of nitrogens with one attached hydrogen (secondary N) is 1. The zero-order chi connectivity index (χ0) is 24.2. The average molecular weight is 469 g/mol. The molecule has 0 aliphatic heterocycles. The molecule has 1 amide bonds. The SMILES string of the molecule is [N-]=[N+]=NCCCc1nc2c(OCC3CCCCC3)cccn2c1C(=O)N[C@H](CN=O)CN=[N+]=[N-]. The van der Waals surface area contributed by atoms with Crippen molar-refractivity contribution in [1.29, 1.82) is 0 Å². The second-order valence-electron chi connectivity index (χ2n) is 8.24. The Morgan fingerprint density at radius 2 is 2.03 bits per heavy atom. The fourth-order valence-corrected chi connectivity index (χ4v) is 4.17. The van der Waals surface area contributed by atoms with Gasteiger partial charge in [0, 0.05) is 29.1 Å². The molecule has 13 heteroatoms. The van der Waals surface area contributed by atoms with Gasteiger partial charge < -0.3 is 10.1 Å². The second-order valence-corrected chi connectivity index (χ2v) is 8.24. The highest BCUT2D eigenvalue weighted by atomic mass is 16.5. The van der Waals surface area contributed by atoms with Gasteiger partial charge in [-0.3, -0.25) is 9.20 Å². The van der Waals surface area contributed by atoms with Gasteiger partial charge in [0.2, 0.25) is 0 Å². The van der Waals surface area contributed by atoms with Gasteiger partial charge in [-0.05, 0) is 54.8 Å². The zero-order valence-electron chi connectivity index (χ0n) is 18.9. The van der Waals surface area contributed by atoms with E-state index in [9.17, 15) is 9.70 Å². The molecule has 34 heavy (non-hydrogen) atoms. The molecule has 1 saturated carbocycles. The van der Waals surface area contributed by atoms with Gasteiger partial charge in [0.1, 0.15) is 12.2 Å². The Morgan fingerprint density at radius 1 is 1.24 bits per heavy atom. The van der Waals surface area contributed by atoms with Crippen molar-refractivity contribution in [2.24, 2.45) is 21.3 Å². The maximum Gasteiger partial charge on any atom is 0.270 e. The average Bonchev–Trinajstić information content (AvgIpc) is 3.23. The van der Waals surface area contributed by atoms with E-state index in [-0.39, 0.29) is 25.3 Å². The summed E-state index contributed by atoms with van der Waals surface area (Å²) in [7, 11) is 0. The van der Waals surface area contributed by atoms with Gasteiger partial charge in [-0.2, -0.15) is 4.91 Å². The molecular weight excluding hydrogens is 440 g/mol. The van der Waals surface area contributed by atoms with Crippen molar-refractivity contribution in [3.05, 3.63) is 55.5 Å². The minimum absolute atomic E-state index is 0.104. The van der Waals surface area contributed by atoms with Crippen molar-refractivity contribution in [3.63, 3.8) is 0 Å². The molecule has 1 aliphatic carbocycles. The van der Waals surface area contributed by atoms with Gasteiger partial charge >= 0.3 is 0 Å². The first-order valence-corrected chi connectivity index (χ1v) is 11.4. The summed E-state index contributed by atoms with van der Waals surface area (Å²) in [4.78, 5) is 34.1. The van der Waals surface area contributed by atoms with E-state index in [1.165, 1.54) is 19.3 Å². The number of aryl methyl sites for hydroxylation is 1. The minimum Gasteiger partial charge on any atom is -0.489 e. The fourth-order valence-electron chi connectivity index (χ4n) is 4.17. The number of imidazole rings is 1. The largest absolute Gasteiger partial charge is 0.489 e. The van der Waals surface area contributed by atoms with E-state index in [0.29, 0.717) is 42.5 Å². The number of carbonyl (C=O) groups is 1. The summed E-state index contributed by atoms with van der Waals surface area (Å²) in [6.07, 6.45) is 8.62. The Bertz CT molecular complexity index is 1080. The quantitative estimate of drug-likeness (QED) is 0.147. The number of carbonyl (C=O) groups excluding carboxylic acids is 1. The molecule has 0 radical (unpaired) electrons. The molecule has 2 heterocycles. The molecule has 0 saturated heterocycles. The van der Waals surface area contributed by atoms with Gasteiger partial charge in [-0.1, -0.05) is 34.7 Å². The number of nitroso groups, excluding NO2 is 1. The number of amides is 1. The third-order valence-electron chi connectivity index (χ3n) is 5.83. The molecule has 0 aromatic carbocycles. The molecule has 1 aliphatic rings. The molecular formula is C21H28N10O3. The molecule has 1 atom stereocenters. The van der Waals surface area contributed by atoms with Crippen molar-refractivity contribution in [3.8, 4) is 5.75 Å². The van der Waals surface area contributed by atoms with E-state index in [0.717, 1.165) is 12.8 Å². The standard InChI is InChI=1S/C21H28N10O3/c22-29-24-10-4-8-17-19(21(32)27-16(13-26-33)12-25-30-23)31-11-5-9-18(20(31)28-17)34-14-15-6-2-1-3-7-15/h5,9,11,15-16H,1-4,6-8,10,12-14H2,(H,27,32)/t16-/m0/s1. The summed E-state index contributed by atoms with van der Waals surface area (Å²) in [5.41, 5.74) is 18.4. The van der Waals surface area contributed by atoms with Crippen LogP contribution < -0.4 is 10.1 Å². The molecule has 0 spiro atoms. The first-order valence-electron chi connectivity index (χ1n) is 11.4. The number of azide groups is 2. The fraction of sp³-hybridized carbons (Fsp3) is 0.619. The topological polar surface area (TPSA) is 183 Å². The summed E-state index contributed by atoms with van der Waals surface area (Å²) in [6, 6.07) is 2.88. The van der Waals surface area contributed by atoms with Crippen molar-refractivity contribution in [2.45, 2.75) is 51.0 Å². The smallest absolute Gasteiger partial charge is 0.270 e. The highest BCUT2D eigenvalue weighted by Gasteiger charge is 2.24. The third kappa shape index (κ3) is 6.60. The Labute approximate surface area is 196 Å². The number of rotatable bonds is 13. The first kappa shape index (κ1) is 24.8. The monoisotopic (exact) mass is 468 g/mol. The van der Waals surface area contributed by atoms with Gasteiger partial charge in [-0.15, -0.1) is 0 Å². The maximum atomic E-state index is 13.2. The number of aromatic nitrogens is 2. The van der Waals surface area contributed by atoms with Crippen LogP contribution in [0.3, 0.4) is 0 Å². The summed E-state index contributed by atoms with van der Waals surface area (Å²) in [5.74, 6) is 0.619. The van der Waals surface area contributed by atoms with Crippen LogP contribution in [0.1, 0.15) is 54.7 Å². The van der Waals surface area contributed by atoms with Crippen LogP contribution in [0.25, 0.3) is 26.5 Å². The molecule has 180 valence electrons. The van der Waals surface area contributed by atoms with Crippen LogP contribution in [0.2, 0.25) is 0 Å². The summed E-state index contributed by atoms with van der Waals surface area (Å²) >= 11 is 0. The molecule has 13 nitrogen and oxygen atoms in total. The van der Waals surface area contributed by atoms with Crippen LogP contribution >= 0.6 is 0 Å². The van der Waals surface area contributed by atoms with E-state index in [1.54, 1.807) is 16.7 Å². The van der Waals surface area contributed by atoms with Crippen LogP contribution in [0, 0.1) is 10.8 Å². The van der Waals surface area contributed by atoms with Crippen molar-refractivity contribution in [1.82, 2.24) is 14.7 Å². The van der Waals surface area contributed by atoms with Crippen LogP contribution in [0.5, 0.6) is 5.75 Å². The molecule has 2 aromatic rings. The highest BCUT2D eigenvalue weighted by molar-refractivity contribution is 5.95. The van der Waals surface area contributed by atoms with Gasteiger partial charge in [0.25, 0.3) is 5.91 Å². The van der Waals surface area contributed by atoms with Crippen LogP contribution in [0.4, 0.5) is 0 Å². The van der Waals surface area contributed by atoms with Crippen LogP contribution in [0.15, 0.2) is 33.7 Å². The lowest BCUT2D eigenvalue weighted by Crippen LogP contribution is -2.40. The minimum atomic E-state index is -0.742. The van der Waals surface area contributed by atoms with E-state index in [1.807, 2.05) is 6.07 Å². The second kappa shape index (κ2) is 13.0. The van der Waals surface area contributed by atoms with Crippen molar-refractivity contribution < 1.29 is 9.53 Å². The highest BCUT2D eigenvalue weighted by Crippen LogP contribution is 2.27. The molecule has 0 bridgehead atoms. The molecule has 1 fully saturated rings. The number of ether oxygens (including phenoxy) is 1. The van der Waals surface area contributed by atoms with Crippen LogP contribution in [-0.4, -0.2) is 47.6 Å². The molecule has 2 aromatic heterocycles. The van der Waals surface area contributed by atoms with Crippen molar-refractivity contribution in [2.75, 3.05) is 26.2 Å². The normalized spacial score (nSPS) is 14.6. The lowest BCUT2D eigenvalue weighted by atomic mass is 9.90. The summed E-state index contributed by atoms with van der Waals surface area (Å²) < 4.78 is 7.79. The lowest BCUT2D eigenvalue weighted by Gasteiger charge is -2.21. The Balaban J connectivity index is 1.89.